The topological polar surface area (TPSA) is 18.5 Å². The first kappa shape index (κ1) is 11.6. The zero-order valence-corrected chi connectivity index (χ0v) is 10.7. The zero-order chi connectivity index (χ0) is 11.6. The molecule has 0 bridgehead atoms. The first-order chi connectivity index (χ1) is 7.69. The molecule has 1 aromatic carbocycles. The highest BCUT2D eigenvalue weighted by Crippen LogP contribution is 2.47. The second kappa shape index (κ2) is 4.58. The van der Waals surface area contributed by atoms with Gasteiger partial charge < -0.3 is 9.47 Å². The summed E-state index contributed by atoms with van der Waals surface area (Å²) < 4.78 is 11.1. The van der Waals surface area contributed by atoms with Crippen LogP contribution in [0.2, 0.25) is 0 Å². The van der Waals surface area contributed by atoms with Crippen LogP contribution in [0.4, 0.5) is 0 Å². The average molecular weight is 238 g/mol. The number of aryl methyl sites for hydroxylation is 1. The monoisotopic (exact) mass is 238 g/mol. The molecule has 0 aliphatic heterocycles. The third kappa shape index (κ3) is 2.46. The largest absolute Gasteiger partial charge is 0.493 e. The smallest absolute Gasteiger partial charge is 0.161 e. The number of hydrogen-bond acceptors (Lipinski definition) is 3. The van der Waals surface area contributed by atoms with Gasteiger partial charge in [-0.1, -0.05) is 6.07 Å². The summed E-state index contributed by atoms with van der Waals surface area (Å²) in [4.78, 5) is 0. The predicted molar refractivity (Wildman–Crippen MR) is 68.7 cm³/mol. The molecule has 0 radical (unpaired) electrons. The number of ether oxygens (including phenoxy) is 2. The highest BCUT2D eigenvalue weighted by atomic mass is 32.1. The van der Waals surface area contributed by atoms with Crippen LogP contribution in [-0.4, -0.2) is 19.5 Å². The van der Waals surface area contributed by atoms with E-state index in [1.165, 1.54) is 18.4 Å². The van der Waals surface area contributed by atoms with E-state index in [2.05, 4.69) is 12.6 Å². The fourth-order valence-corrected chi connectivity index (χ4v) is 2.06. The van der Waals surface area contributed by atoms with Crippen molar-refractivity contribution in [2.24, 2.45) is 5.41 Å². The molecule has 0 heterocycles. The molecular weight excluding hydrogens is 220 g/mol. The van der Waals surface area contributed by atoms with Crippen molar-refractivity contribution in [3.05, 3.63) is 23.8 Å². The van der Waals surface area contributed by atoms with Gasteiger partial charge in [-0.2, -0.15) is 12.6 Å². The molecule has 0 atom stereocenters. The Morgan fingerprint density at radius 2 is 2.06 bits per heavy atom. The highest BCUT2D eigenvalue weighted by Gasteiger charge is 2.42. The number of methoxy groups -OCH3 is 1. The molecular formula is C13H18O2S. The predicted octanol–water partition coefficient (Wildman–Crippen LogP) is 3.09. The first-order valence-corrected chi connectivity index (χ1v) is 6.21. The van der Waals surface area contributed by atoms with Crippen LogP contribution < -0.4 is 9.47 Å². The number of rotatable bonds is 5. The van der Waals surface area contributed by atoms with Crippen LogP contribution in [-0.2, 0) is 0 Å². The normalized spacial score (nSPS) is 16.9. The Morgan fingerprint density at radius 3 is 2.62 bits per heavy atom. The maximum Gasteiger partial charge on any atom is 0.161 e. The summed E-state index contributed by atoms with van der Waals surface area (Å²) in [6.07, 6.45) is 2.45. The Morgan fingerprint density at radius 1 is 1.31 bits per heavy atom. The van der Waals surface area contributed by atoms with Crippen LogP contribution >= 0.6 is 12.6 Å². The summed E-state index contributed by atoms with van der Waals surface area (Å²) in [7, 11) is 1.67. The third-order valence-corrected chi connectivity index (χ3v) is 3.82. The van der Waals surface area contributed by atoms with Crippen LogP contribution in [0.5, 0.6) is 11.5 Å². The Hall–Kier alpha value is -0.830. The summed E-state index contributed by atoms with van der Waals surface area (Å²) >= 11 is 4.36. The number of benzene rings is 1. The molecule has 3 heteroatoms. The van der Waals surface area contributed by atoms with Crippen molar-refractivity contribution in [1.29, 1.82) is 0 Å². The van der Waals surface area contributed by atoms with Gasteiger partial charge >= 0.3 is 0 Å². The summed E-state index contributed by atoms with van der Waals surface area (Å²) in [6, 6.07) is 6.01. The van der Waals surface area contributed by atoms with Gasteiger partial charge in [-0.3, -0.25) is 0 Å². The summed E-state index contributed by atoms with van der Waals surface area (Å²) in [5.74, 6) is 2.55. The lowest BCUT2D eigenvalue weighted by Gasteiger charge is -2.15. The maximum absolute atomic E-state index is 5.83. The fourth-order valence-electron chi connectivity index (χ4n) is 1.65. The van der Waals surface area contributed by atoms with Crippen molar-refractivity contribution in [2.45, 2.75) is 19.8 Å². The summed E-state index contributed by atoms with van der Waals surface area (Å²) in [5.41, 5.74) is 1.50. The minimum Gasteiger partial charge on any atom is -0.493 e. The highest BCUT2D eigenvalue weighted by molar-refractivity contribution is 7.80. The van der Waals surface area contributed by atoms with Gasteiger partial charge in [0.1, 0.15) is 0 Å². The molecule has 2 rings (SSSR count). The van der Waals surface area contributed by atoms with E-state index in [1.807, 2.05) is 25.1 Å². The lowest BCUT2D eigenvalue weighted by molar-refractivity contribution is 0.239. The molecule has 88 valence electrons. The lowest BCUT2D eigenvalue weighted by atomic mass is 10.1. The quantitative estimate of drug-likeness (QED) is 0.795. The molecule has 0 amide bonds. The van der Waals surface area contributed by atoms with Gasteiger partial charge in [0.25, 0.3) is 0 Å². The maximum atomic E-state index is 5.83. The Labute approximate surface area is 102 Å². The molecule has 2 nitrogen and oxygen atoms in total. The van der Waals surface area contributed by atoms with E-state index in [1.54, 1.807) is 7.11 Å². The van der Waals surface area contributed by atoms with Gasteiger partial charge in [-0.25, -0.2) is 0 Å². The van der Waals surface area contributed by atoms with E-state index in [-0.39, 0.29) is 0 Å². The Bertz CT molecular complexity index is 372. The summed E-state index contributed by atoms with van der Waals surface area (Å²) in [5, 5.41) is 0. The summed E-state index contributed by atoms with van der Waals surface area (Å²) in [6.45, 7) is 2.79. The van der Waals surface area contributed by atoms with E-state index in [0.717, 1.165) is 23.9 Å². The standard InChI is InChI=1S/C13H18O2S/c1-10-3-4-11(12(7-10)14-2)15-8-13(9-16)5-6-13/h3-4,7,16H,5-6,8-9H2,1-2H3. The van der Waals surface area contributed by atoms with Crippen molar-refractivity contribution in [1.82, 2.24) is 0 Å². The van der Waals surface area contributed by atoms with Crippen LogP contribution in [0.25, 0.3) is 0 Å². The van der Waals surface area contributed by atoms with E-state index in [0.29, 0.717) is 5.41 Å². The minimum absolute atomic E-state index is 0.318. The van der Waals surface area contributed by atoms with Gasteiger partial charge in [0.15, 0.2) is 11.5 Å². The minimum atomic E-state index is 0.318. The molecule has 1 aromatic rings. The SMILES string of the molecule is COc1cc(C)ccc1OCC1(CS)CC1. The molecule has 1 aliphatic rings. The van der Waals surface area contributed by atoms with Crippen molar-refractivity contribution >= 4 is 12.6 Å². The van der Waals surface area contributed by atoms with Crippen LogP contribution in [0.15, 0.2) is 18.2 Å². The molecule has 1 aliphatic carbocycles. The number of thiol groups is 1. The van der Waals surface area contributed by atoms with Gasteiger partial charge in [0.2, 0.25) is 0 Å². The van der Waals surface area contributed by atoms with Crippen molar-refractivity contribution in [3.8, 4) is 11.5 Å². The molecule has 0 saturated heterocycles. The Kier molecular flexibility index (Phi) is 3.33. The molecule has 0 aromatic heterocycles. The lowest BCUT2D eigenvalue weighted by Crippen LogP contribution is -2.14. The Balaban J connectivity index is 2.03. The zero-order valence-electron chi connectivity index (χ0n) is 9.82. The second-order valence-corrected chi connectivity index (χ2v) is 4.92. The van der Waals surface area contributed by atoms with Gasteiger partial charge in [0, 0.05) is 5.41 Å². The molecule has 16 heavy (non-hydrogen) atoms. The third-order valence-electron chi connectivity index (χ3n) is 3.15. The fraction of sp³-hybridized carbons (Fsp3) is 0.538. The molecule has 1 saturated carbocycles. The van der Waals surface area contributed by atoms with Gasteiger partial charge in [-0.05, 0) is 43.2 Å². The van der Waals surface area contributed by atoms with Crippen molar-refractivity contribution < 1.29 is 9.47 Å². The molecule has 0 unspecified atom stereocenters. The van der Waals surface area contributed by atoms with Crippen molar-refractivity contribution in [3.63, 3.8) is 0 Å². The average Bonchev–Trinajstić information content (AvgIpc) is 3.08. The van der Waals surface area contributed by atoms with E-state index < -0.39 is 0 Å². The molecule has 0 spiro atoms. The van der Waals surface area contributed by atoms with Crippen LogP contribution in [0.1, 0.15) is 18.4 Å². The van der Waals surface area contributed by atoms with E-state index in [9.17, 15) is 0 Å². The van der Waals surface area contributed by atoms with Gasteiger partial charge in [0.05, 0.1) is 13.7 Å². The number of hydrogen-bond donors (Lipinski definition) is 1. The van der Waals surface area contributed by atoms with Crippen LogP contribution in [0, 0.1) is 12.3 Å². The molecule has 1 fully saturated rings. The van der Waals surface area contributed by atoms with E-state index in [4.69, 9.17) is 9.47 Å². The second-order valence-electron chi connectivity index (χ2n) is 4.60. The van der Waals surface area contributed by atoms with Crippen molar-refractivity contribution in [2.75, 3.05) is 19.5 Å². The first-order valence-electron chi connectivity index (χ1n) is 5.57. The van der Waals surface area contributed by atoms with E-state index >= 15 is 0 Å². The van der Waals surface area contributed by atoms with Gasteiger partial charge in [-0.15, -0.1) is 0 Å². The van der Waals surface area contributed by atoms with Crippen LogP contribution in [0.3, 0.4) is 0 Å². The molecule has 0 N–H and O–H groups in total.